The van der Waals surface area contributed by atoms with E-state index in [-0.39, 0.29) is 6.61 Å². The fourth-order valence-corrected chi connectivity index (χ4v) is 1.67. The number of pyridine rings is 1. The third kappa shape index (κ3) is 2.04. The molecule has 0 spiro atoms. The van der Waals surface area contributed by atoms with Gasteiger partial charge in [0, 0.05) is 18.3 Å². The van der Waals surface area contributed by atoms with Gasteiger partial charge >= 0.3 is 0 Å². The maximum atomic E-state index is 8.97. The van der Waals surface area contributed by atoms with Crippen LogP contribution in [0.25, 0.3) is 0 Å². The first-order chi connectivity index (χ1) is 6.81. The summed E-state index contributed by atoms with van der Waals surface area (Å²) in [6, 6.07) is 6.63. The van der Waals surface area contributed by atoms with Crippen LogP contribution in [0.3, 0.4) is 0 Å². The first kappa shape index (κ1) is 9.46. The highest BCUT2D eigenvalue weighted by Crippen LogP contribution is 2.30. The fraction of sp³-hybridized carbons (Fsp3) is 0.545. The summed E-state index contributed by atoms with van der Waals surface area (Å²) in [5.74, 6) is 1.00. The Kier molecular flexibility index (Phi) is 2.68. The molecule has 0 unspecified atom stereocenters. The minimum atomic E-state index is 0.201. The molecule has 3 nitrogen and oxygen atoms in total. The lowest BCUT2D eigenvalue weighted by Gasteiger charge is -2.22. The van der Waals surface area contributed by atoms with E-state index in [1.807, 2.05) is 25.1 Å². The van der Waals surface area contributed by atoms with Crippen LogP contribution in [0.5, 0.6) is 0 Å². The van der Waals surface area contributed by atoms with Gasteiger partial charge in [0.15, 0.2) is 0 Å². The van der Waals surface area contributed by atoms with Crippen LogP contribution in [0.4, 0.5) is 5.82 Å². The van der Waals surface area contributed by atoms with Gasteiger partial charge in [-0.3, -0.25) is 0 Å². The summed E-state index contributed by atoms with van der Waals surface area (Å²) in [7, 11) is 0. The minimum Gasteiger partial charge on any atom is -0.395 e. The lowest BCUT2D eigenvalue weighted by molar-refractivity contribution is 0.301. The van der Waals surface area contributed by atoms with Crippen molar-refractivity contribution in [1.29, 1.82) is 0 Å². The Hall–Kier alpha value is -1.09. The van der Waals surface area contributed by atoms with E-state index >= 15 is 0 Å². The van der Waals surface area contributed by atoms with Crippen molar-refractivity contribution in [2.45, 2.75) is 25.8 Å². The maximum absolute atomic E-state index is 8.97. The molecule has 76 valence electrons. The van der Waals surface area contributed by atoms with Crippen molar-refractivity contribution < 1.29 is 5.11 Å². The summed E-state index contributed by atoms with van der Waals surface area (Å²) >= 11 is 0. The summed E-state index contributed by atoms with van der Waals surface area (Å²) < 4.78 is 0. The van der Waals surface area contributed by atoms with Crippen molar-refractivity contribution in [2.24, 2.45) is 0 Å². The molecule has 1 N–H and O–H groups in total. The second-order valence-electron chi connectivity index (χ2n) is 3.79. The summed E-state index contributed by atoms with van der Waals surface area (Å²) in [6.07, 6.45) is 2.46. The third-order valence-corrected chi connectivity index (χ3v) is 2.50. The van der Waals surface area contributed by atoms with Gasteiger partial charge in [-0.1, -0.05) is 6.07 Å². The highest BCUT2D eigenvalue weighted by Gasteiger charge is 2.29. The zero-order valence-corrected chi connectivity index (χ0v) is 8.48. The van der Waals surface area contributed by atoms with Gasteiger partial charge < -0.3 is 10.0 Å². The number of nitrogens with zero attached hydrogens (tertiary/aromatic N) is 2. The Morgan fingerprint density at radius 1 is 1.50 bits per heavy atom. The van der Waals surface area contributed by atoms with Crippen molar-refractivity contribution in [2.75, 3.05) is 18.1 Å². The second-order valence-corrected chi connectivity index (χ2v) is 3.79. The topological polar surface area (TPSA) is 36.4 Å². The van der Waals surface area contributed by atoms with Crippen LogP contribution in [0.1, 0.15) is 18.5 Å². The first-order valence-corrected chi connectivity index (χ1v) is 5.12. The Morgan fingerprint density at radius 2 is 2.29 bits per heavy atom. The lowest BCUT2D eigenvalue weighted by Crippen LogP contribution is -2.29. The monoisotopic (exact) mass is 192 g/mol. The van der Waals surface area contributed by atoms with Gasteiger partial charge in [-0.25, -0.2) is 4.98 Å². The van der Waals surface area contributed by atoms with Crippen LogP contribution in [-0.2, 0) is 0 Å². The number of rotatable bonds is 4. The predicted molar refractivity (Wildman–Crippen MR) is 56.4 cm³/mol. The third-order valence-electron chi connectivity index (χ3n) is 2.50. The van der Waals surface area contributed by atoms with Gasteiger partial charge in [-0.2, -0.15) is 0 Å². The Labute approximate surface area is 84.4 Å². The van der Waals surface area contributed by atoms with E-state index in [0.29, 0.717) is 12.6 Å². The Balaban J connectivity index is 2.16. The highest BCUT2D eigenvalue weighted by atomic mass is 16.3. The van der Waals surface area contributed by atoms with Crippen molar-refractivity contribution in [1.82, 2.24) is 4.98 Å². The van der Waals surface area contributed by atoms with Gasteiger partial charge in [0.25, 0.3) is 0 Å². The number of anilines is 1. The lowest BCUT2D eigenvalue weighted by atomic mass is 10.3. The Bertz CT molecular complexity index is 310. The molecule has 3 heteroatoms. The average Bonchev–Trinajstić information content (AvgIpc) is 2.97. The van der Waals surface area contributed by atoms with Crippen LogP contribution < -0.4 is 4.90 Å². The van der Waals surface area contributed by atoms with Crippen molar-refractivity contribution >= 4 is 5.82 Å². The molecule has 0 radical (unpaired) electrons. The molecule has 1 fully saturated rings. The molecule has 1 heterocycles. The molecule has 0 amide bonds. The van der Waals surface area contributed by atoms with Gasteiger partial charge in [0.05, 0.1) is 6.61 Å². The number of aryl methyl sites for hydroxylation is 1. The maximum Gasteiger partial charge on any atom is 0.129 e. The van der Waals surface area contributed by atoms with Gasteiger partial charge in [0.1, 0.15) is 5.82 Å². The molecular formula is C11H16N2O. The van der Waals surface area contributed by atoms with E-state index in [9.17, 15) is 0 Å². The smallest absolute Gasteiger partial charge is 0.129 e. The largest absolute Gasteiger partial charge is 0.395 e. The number of aliphatic hydroxyl groups excluding tert-OH is 1. The van der Waals surface area contributed by atoms with E-state index in [0.717, 1.165) is 11.5 Å². The SMILES string of the molecule is Cc1cccc(N(CCO)C2CC2)n1. The number of aromatic nitrogens is 1. The molecule has 1 aromatic heterocycles. The summed E-state index contributed by atoms with van der Waals surface area (Å²) in [5.41, 5.74) is 1.03. The van der Waals surface area contributed by atoms with Gasteiger partial charge in [0.2, 0.25) is 0 Å². The van der Waals surface area contributed by atoms with E-state index < -0.39 is 0 Å². The van der Waals surface area contributed by atoms with Crippen LogP contribution in [-0.4, -0.2) is 29.3 Å². The van der Waals surface area contributed by atoms with E-state index in [4.69, 9.17) is 5.11 Å². The highest BCUT2D eigenvalue weighted by molar-refractivity contribution is 5.42. The van der Waals surface area contributed by atoms with Gasteiger partial charge in [-0.15, -0.1) is 0 Å². The van der Waals surface area contributed by atoms with Crippen LogP contribution >= 0.6 is 0 Å². The van der Waals surface area contributed by atoms with E-state index in [2.05, 4.69) is 9.88 Å². The minimum absolute atomic E-state index is 0.201. The normalized spacial score (nSPS) is 15.6. The van der Waals surface area contributed by atoms with Crippen molar-refractivity contribution in [3.8, 4) is 0 Å². The molecule has 1 aliphatic rings. The molecule has 0 saturated heterocycles. The summed E-state index contributed by atoms with van der Waals surface area (Å²) in [4.78, 5) is 6.67. The van der Waals surface area contributed by atoms with E-state index in [1.54, 1.807) is 0 Å². The molecule has 1 aliphatic carbocycles. The van der Waals surface area contributed by atoms with Crippen LogP contribution in [0, 0.1) is 6.92 Å². The molecule has 1 aromatic rings. The summed E-state index contributed by atoms with van der Waals surface area (Å²) in [6.45, 7) is 2.89. The zero-order chi connectivity index (χ0) is 9.97. The molecule has 0 aromatic carbocycles. The van der Waals surface area contributed by atoms with E-state index in [1.165, 1.54) is 12.8 Å². The molecule has 0 bridgehead atoms. The van der Waals surface area contributed by atoms with Crippen LogP contribution in [0.15, 0.2) is 18.2 Å². The molecule has 0 atom stereocenters. The number of hydrogen-bond acceptors (Lipinski definition) is 3. The second kappa shape index (κ2) is 3.96. The molecule has 14 heavy (non-hydrogen) atoms. The molecule has 2 rings (SSSR count). The molecular weight excluding hydrogens is 176 g/mol. The number of aliphatic hydroxyl groups is 1. The first-order valence-electron chi connectivity index (χ1n) is 5.12. The fourth-order valence-electron chi connectivity index (χ4n) is 1.67. The van der Waals surface area contributed by atoms with Gasteiger partial charge in [-0.05, 0) is 31.9 Å². The zero-order valence-electron chi connectivity index (χ0n) is 8.48. The predicted octanol–water partition coefficient (Wildman–Crippen LogP) is 1.35. The van der Waals surface area contributed by atoms with Crippen molar-refractivity contribution in [3.63, 3.8) is 0 Å². The standard InChI is InChI=1S/C11H16N2O/c1-9-3-2-4-11(12-9)13(7-8-14)10-5-6-10/h2-4,10,14H,5-8H2,1H3. The Morgan fingerprint density at radius 3 is 2.86 bits per heavy atom. The quantitative estimate of drug-likeness (QED) is 0.782. The average molecular weight is 192 g/mol. The van der Waals surface area contributed by atoms with Crippen molar-refractivity contribution in [3.05, 3.63) is 23.9 Å². The summed E-state index contributed by atoms with van der Waals surface area (Å²) in [5, 5.41) is 8.97. The number of hydrogen-bond donors (Lipinski definition) is 1. The molecule has 1 saturated carbocycles. The molecule has 0 aliphatic heterocycles. The van der Waals surface area contributed by atoms with Crippen LogP contribution in [0.2, 0.25) is 0 Å².